The molecule has 21 heavy (non-hydrogen) atoms. The minimum absolute atomic E-state index is 0.340. The lowest BCUT2D eigenvalue weighted by atomic mass is 10.1. The van der Waals surface area contributed by atoms with Crippen molar-refractivity contribution in [1.29, 1.82) is 0 Å². The summed E-state index contributed by atoms with van der Waals surface area (Å²) < 4.78 is 10.9. The van der Waals surface area contributed by atoms with E-state index < -0.39 is 0 Å². The SMILES string of the molecule is COc1cccc(COc2ccc(N)c3cccnc23)n1. The predicted molar refractivity (Wildman–Crippen MR) is 81.3 cm³/mol. The van der Waals surface area contributed by atoms with E-state index in [4.69, 9.17) is 15.2 Å². The first-order valence-electron chi connectivity index (χ1n) is 6.54. The van der Waals surface area contributed by atoms with E-state index in [-0.39, 0.29) is 0 Å². The van der Waals surface area contributed by atoms with Crippen LogP contribution in [0.5, 0.6) is 11.6 Å². The van der Waals surface area contributed by atoms with Crippen LogP contribution in [0.15, 0.2) is 48.7 Å². The summed E-state index contributed by atoms with van der Waals surface area (Å²) in [5.74, 6) is 1.25. The van der Waals surface area contributed by atoms with E-state index in [1.165, 1.54) is 0 Å². The Hall–Kier alpha value is -2.82. The van der Waals surface area contributed by atoms with Crippen LogP contribution in [0.25, 0.3) is 10.9 Å². The highest BCUT2D eigenvalue weighted by Gasteiger charge is 2.07. The van der Waals surface area contributed by atoms with Crippen LogP contribution in [0.4, 0.5) is 5.69 Å². The Labute approximate surface area is 122 Å². The molecule has 0 bridgehead atoms. The molecule has 0 fully saturated rings. The molecule has 5 heteroatoms. The van der Waals surface area contributed by atoms with Crippen molar-refractivity contribution < 1.29 is 9.47 Å². The smallest absolute Gasteiger partial charge is 0.213 e. The summed E-state index contributed by atoms with van der Waals surface area (Å²) in [4.78, 5) is 8.65. The van der Waals surface area contributed by atoms with Crippen molar-refractivity contribution in [3.8, 4) is 11.6 Å². The second-order valence-electron chi connectivity index (χ2n) is 4.51. The van der Waals surface area contributed by atoms with Crippen LogP contribution in [0.1, 0.15) is 5.69 Å². The maximum Gasteiger partial charge on any atom is 0.213 e. The lowest BCUT2D eigenvalue weighted by Crippen LogP contribution is -2.01. The first kappa shape index (κ1) is 13.2. The van der Waals surface area contributed by atoms with Gasteiger partial charge < -0.3 is 15.2 Å². The first-order valence-corrected chi connectivity index (χ1v) is 6.54. The number of hydrogen-bond acceptors (Lipinski definition) is 5. The average molecular weight is 281 g/mol. The normalized spacial score (nSPS) is 10.5. The van der Waals surface area contributed by atoms with Crippen molar-refractivity contribution in [1.82, 2.24) is 9.97 Å². The number of fused-ring (bicyclic) bond motifs is 1. The van der Waals surface area contributed by atoms with E-state index in [1.807, 2.05) is 36.4 Å². The summed E-state index contributed by atoms with van der Waals surface area (Å²) in [6.45, 7) is 0.340. The van der Waals surface area contributed by atoms with E-state index in [9.17, 15) is 0 Å². The largest absolute Gasteiger partial charge is 0.485 e. The van der Waals surface area contributed by atoms with Gasteiger partial charge in [-0.3, -0.25) is 4.98 Å². The van der Waals surface area contributed by atoms with Crippen molar-refractivity contribution in [3.63, 3.8) is 0 Å². The Bertz CT molecular complexity index is 774. The molecular weight excluding hydrogens is 266 g/mol. The van der Waals surface area contributed by atoms with Gasteiger partial charge in [-0.1, -0.05) is 6.07 Å². The third-order valence-corrected chi connectivity index (χ3v) is 3.13. The van der Waals surface area contributed by atoms with Gasteiger partial charge in [-0.25, -0.2) is 4.98 Å². The lowest BCUT2D eigenvalue weighted by molar-refractivity contribution is 0.301. The molecule has 0 saturated heterocycles. The van der Waals surface area contributed by atoms with E-state index in [0.717, 1.165) is 16.6 Å². The molecule has 0 atom stereocenters. The molecular formula is C16H15N3O2. The van der Waals surface area contributed by atoms with Crippen molar-refractivity contribution in [3.05, 3.63) is 54.4 Å². The van der Waals surface area contributed by atoms with Crippen molar-refractivity contribution in [2.75, 3.05) is 12.8 Å². The molecule has 0 aliphatic carbocycles. The fourth-order valence-corrected chi connectivity index (χ4v) is 2.09. The number of nitrogens with two attached hydrogens (primary N) is 1. The minimum Gasteiger partial charge on any atom is -0.485 e. The first-order chi connectivity index (χ1) is 10.3. The van der Waals surface area contributed by atoms with Gasteiger partial charge in [-0.2, -0.15) is 0 Å². The van der Waals surface area contributed by atoms with Gasteiger partial charge in [0.15, 0.2) is 0 Å². The second-order valence-corrected chi connectivity index (χ2v) is 4.51. The number of benzene rings is 1. The molecule has 0 aliphatic heterocycles. The van der Waals surface area contributed by atoms with Crippen LogP contribution in [-0.2, 0) is 6.61 Å². The van der Waals surface area contributed by atoms with E-state index in [1.54, 1.807) is 19.4 Å². The Kier molecular flexibility index (Phi) is 3.55. The number of nitrogen functional groups attached to an aromatic ring is 1. The molecule has 3 rings (SSSR count). The molecule has 2 N–H and O–H groups in total. The molecule has 2 aromatic heterocycles. The van der Waals surface area contributed by atoms with E-state index in [2.05, 4.69) is 9.97 Å². The van der Waals surface area contributed by atoms with E-state index >= 15 is 0 Å². The number of nitrogens with zero attached hydrogens (tertiary/aromatic N) is 2. The maximum atomic E-state index is 5.95. The Balaban J connectivity index is 1.87. The Morgan fingerprint density at radius 3 is 2.86 bits per heavy atom. The fraction of sp³-hybridized carbons (Fsp3) is 0.125. The van der Waals surface area contributed by atoms with Crippen LogP contribution >= 0.6 is 0 Å². The number of rotatable bonds is 4. The number of aromatic nitrogens is 2. The van der Waals surface area contributed by atoms with Gasteiger partial charge >= 0.3 is 0 Å². The van der Waals surface area contributed by atoms with Crippen LogP contribution in [-0.4, -0.2) is 17.1 Å². The zero-order chi connectivity index (χ0) is 14.7. The van der Waals surface area contributed by atoms with Crippen molar-refractivity contribution in [2.45, 2.75) is 6.61 Å². The van der Waals surface area contributed by atoms with Gasteiger partial charge in [0, 0.05) is 23.3 Å². The molecule has 5 nitrogen and oxygen atoms in total. The quantitative estimate of drug-likeness (QED) is 0.745. The molecule has 0 spiro atoms. The van der Waals surface area contributed by atoms with Crippen molar-refractivity contribution >= 4 is 16.6 Å². The lowest BCUT2D eigenvalue weighted by Gasteiger charge is -2.10. The zero-order valence-corrected chi connectivity index (χ0v) is 11.6. The average Bonchev–Trinajstić information content (AvgIpc) is 2.55. The van der Waals surface area contributed by atoms with Gasteiger partial charge in [-0.15, -0.1) is 0 Å². The highest BCUT2D eigenvalue weighted by atomic mass is 16.5. The molecule has 1 aromatic carbocycles. The molecule has 0 aliphatic rings. The third-order valence-electron chi connectivity index (χ3n) is 3.13. The third kappa shape index (κ3) is 2.72. The van der Waals surface area contributed by atoms with Gasteiger partial charge in [0.05, 0.1) is 12.8 Å². The van der Waals surface area contributed by atoms with Gasteiger partial charge in [0.25, 0.3) is 0 Å². The Morgan fingerprint density at radius 2 is 2.00 bits per heavy atom. The second kappa shape index (κ2) is 5.66. The van der Waals surface area contributed by atoms with Crippen LogP contribution < -0.4 is 15.2 Å². The summed E-state index contributed by atoms with van der Waals surface area (Å²) in [6.07, 6.45) is 1.72. The number of hydrogen-bond donors (Lipinski definition) is 1. The van der Waals surface area contributed by atoms with Crippen LogP contribution in [0, 0.1) is 0 Å². The fourth-order valence-electron chi connectivity index (χ4n) is 2.09. The summed E-state index contributed by atoms with van der Waals surface area (Å²) >= 11 is 0. The monoisotopic (exact) mass is 281 g/mol. The number of anilines is 1. The van der Waals surface area contributed by atoms with Gasteiger partial charge in [0.2, 0.25) is 5.88 Å². The summed E-state index contributed by atoms with van der Waals surface area (Å²) in [7, 11) is 1.59. The Morgan fingerprint density at radius 1 is 1.10 bits per heavy atom. The molecule has 0 radical (unpaired) electrons. The minimum atomic E-state index is 0.340. The topological polar surface area (TPSA) is 70.3 Å². The number of ether oxygens (including phenoxy) is 2. The van der Waals surface area contributed by atoms with Crippen LogP contribution in [0.3, 0.4) is 0 Å². The predicted octanol–water partition coefficient (Wildman–Crippen LogP) is 2.80. The summed E-state index contributed by atoms with van der Waals surface area (Å²) in [5, 5.41) is 0.883. The molecule has 0 saturated carbocycles. The highest BCUT2D eigenvalue weighted by Crippen LogP contribution is 2.28. The maximum absolute atomic E-state index is 5.95. The molecule has 106 valence electrons. The molecule has 3 aromatic rings. The number of pyridine rings is 2. The summed E-state index contributed by atoms with van der Waals surface area (Å²) in [6, 6.07) is 13.0. The molecule has 0 unspecified atom stereocenters. The highest BCUT2D eigenvalue weighted by molar-refractivity contribution is 5.94. The summed E-state index contributed by atoms with van der Waals surface area (Å²) in [5.41, 5.74) is 8.17. The van der Waals surface area contributed by atoms with Gasteiger partial charge in [-0.05, 0) is 30.3 Å². The standard InChI is InChI=1S/C16H15N3O2/c1-20-15-6-2-4-11(19-15)10-21-14-8-7-13(17)12-5-3-9-18-16(12)14/h2-9H,10,17H2,1H3. The zero-order valence-electron chi connectivity index (χ0n) is 11.6. The van der Waals surface area contributed by atoms with Crippen LogP contribution in [0.2, 0.25) is 0 Å². The van der Waals surface area contributed by atoms with Crippen molar-refractivity contribution in [2.24, 2.45) is 0 Å². The van der Waals surface area contributed by atoms with Gasteiger partial charge in [0.1, 0.15) is 17.9 Å². The molecule has 0 amide bonds. The van der Waals surface area contributed by atoms with E-state index in [0.29, 0.717) is 23.9 Å². The number of methoxy groups -OCH3 is 1. The molecule has 2 heterocycles.